The molecule has 184 valence electrons. The van der Waals surface area contributed by atoms with Gasteiger partial charge in [0.15, 0.2) is 23.6 Å². The van der Waals surface area contributed by atoms with Crippen LogP contribution in [0.3, 0.4) is 0 Å². The summed E-state index contributed by atoms with van der Waals surface area (Å²) in [7, 11) is 1.56. The highest BCUT2D eigenvalue weighted by atomic mass is 16.5. The van der Waals surface area contributed by atoms with Crippen molar-refractivity contribution in [3.63, 3.8) is 0 Å². The smallest absolute Gasteiger partial charge is 0.263 e. The van der Waals surface area contributed by atoms with Crippen LogP contribution in [0, 0.1) is 0 Å². The van der Waals surface area contributed by atoms with E-state index in [-0.39, 0.29) is 24.2 Å². The first kappa shape index (κ1) is 22.2. The second kappa shape index (κ2) is 8.74. The van der Waals surface area contributed by atoms with Gasteiger partial charge in [-0.05, 0) is 67.6 Å². The van der Waals surface area contributed by atoms with E-state index in [4.69, 9.17) is 14.0 Å². The minimum Gasteiger partial charge on any atom is -0.493 e. The van der Waals surface area contributed by atoms with Gasteiger partial charge in [-0.1, -0.05) is 16.4 Å². The van der Waals surface area contributed by atoms with E-state index < -0.39 is 12.1 Å². The lowest BCUT2D eigenvalue weighted by Gasteiger charge is -2.19. The lowest BCUT2D eigenvalue weighted by Crippen LogP contribution is -2.39. The topological polar surface area (TPSA) is 123 Å². The van der Waals surface area contributed by atoms with Gasteiger partial charge in [0, 0.05) is 5.56 Å². The molecular weight excluding hydrogens is 464 g/mol. The summed E-state index contributed by atoms with van der Waals surface area (Å²) < 4.78 is 16.4. The third-order valence-electron chi connectivity index (χ3n) is 6.69. The van der Waals surface area contributed by atoms with E-state index in [9.17, 15) is 9.59 Å². The molecule has 2 amide bonds. The Morgan fingerprint density at radius 3 is 2.75 bits per heavy atom. The number of nitrogens with zero attached hydrogens (tertiary/aromatic N) is 6. The van der Waals surface area contributed by atoms with Crippen LogP contribution >= 0.6 is 0 Å². The van der Waals surface area contributed by atoms with Crippen LogP contribution in [0.25, 0.3) is 11.4 Å². The molecule has 0 bridgehead atoms. The Balaban J connectivity index is 1.20. The fraction of sp³-hybridized carbons (Fsp3) is 0.360. The van der Waals surface area contributed by atoms with Gasteiger partial charge in [-0.25, -0.2) is 4.90 Å². The number of fused-ring (bicyclic) bond motifs is 2. The summed E-state index contributed by atoms with van der Waals surface area (Å²) in [5.74, 6) is 1.04. The molecule has 0 saturated carbocycles. The first-order valence-corrected chi connectivity index (χ1v) is 11.9. The highest BCUT2D eigenvalue weighted by molar-refractivity contribution is 6.25. The molecular formula is C25H24N6O5. The zero-order valence-electron chi connectivity index (χ0n) is 19.9. The lowest BCUT2D eigenvalue weighted by atomic mass is 10.1. The maximum atomic E-state index is 13.3. The van der Waals surface area contributed by atoms with Crippen LogP contribution in [0.2, 0.25) is 0 Å². The Hall–Kier alpha value is -4.28. The van der Waals surface area contributed by atoms with E-state index in [0.717, 1.165) is 19.3 Å². The number of hydrogen-bond acceptors (Lipinski definition) is 10. The SMILES string of the molecule is CCOc1ccc(-c2noc(CN3N=N[C@H]4C(=O)N(c5ccc6c(c5)CCC6)C(=O)[C@@H]43)n2)cc1OC. The van der Waals surface area contributed by atoms with E-state index in [2.05, 4.69) is 20.5 Å². The maximum absolute atomic E-state index is 13.3. The van der Waals surface area contributed by atoms with Crippen LogP contribution in [0.15, 0.2) is 51.3 Å². The number of carbonyl (C=O) groups is 2. The summed E-state index contributed by atoms with van der Waals surface area (Å²) >= 11 is 0. The molecule has 0 spiro atoms. The number of aromatic nitrogens is 2. The van der Waals surface area contributed by atoms with Crippen molar-refractivity contribution < 1.29 is 23.6 Å². The lowest BCUT2D eigenvalue weighted by molar-refractivity contribution is -0.123. The molecule has 3 aromatic rings. The normalized spacial score (nSPS) is 20.3. The standard InChI is InChI=1S/C25H24N6O5/c1-3-35-18-10-8-16(12-19(18)34-2)23-26-20(36-28-23)13-30-22-21(27-29-30)24(32)31(25(22)33)17-9-7-14-5-4-6-15(14)11-17/h7-12,21-22H,3-6,13H2,1-2H3/t21-,22-/m1/s1. The highest BCUT2D eigenvalue weighted by Crippen LogP contribution is 2.35. The average Bonchev–Trinajstić information content (AvgIpc) is 3.67. The van der Waals surface area contributed by atoms with Gasteiger partial charge in [0.2, 0.25) is 11.7 Å². The molecule has 0 unspecified atom stereocenters. The number of ether oxygens (including phenoxy) is 2. The summed E-state index contributed by atoms with van der Waals surface area (Å²) in [4.78, 5) is 32.1. The van der Waals surface area contributed by atoms with E-state index in [0.29, 0.717) is 35.2 Å². The molecule has 1 fully saturated rings. The molecule has 1 saturated heterocycles. The van der Waals surface area contributed by atoms with Gasteiger partial charge in [0.25, 0.3) is 11.8 Å². The molecule has 3 heterocycles. The summed E-state index contributed by atoms with van der Waals surface area (Å²) in [6.07, 6.45) is 3.07. The second-order valence-electron chi connectivity index (χ2n) is 8.82. The van der Waals surface area contributed by atoms with E-state index in [1.807, 2.05) is 25.1 Å². The molecule has 2 aliphatic heterocycles. The van der Waals surface area contributed by atoms with Crippen molar-refractivity contribution in [2.45, 2.75) is 44.8 Å². The predicted octanol–water partition coefficient (Wildman–Crippen LogP) is 3.13. The largest absolute Gasteiger partial charge is 0.493 e. The van der Waals surface area contributed by atoms with Crippen molar-refractivity contribution in [2.24, 2.45) is 10.3 Å². The van der Waals surface area contributed by atoms with E-state index in [1.165, 1.54) is 21.0 Å². The van der Waals surface area contributed by atoms with Gasteiger partial charge in [-0.15, -0.1) is 0 Å². The quantitative estimate of drug-likeness (QED) is 0.465. The van der Waals surface area contributed by atoms with Crippen LogP contribution < -0.4 is 14.4 Å². The molecule has 1 aromatic heterocycles. The first-order valence-electron chi connectivity index (χ1n) is 11.9. The number of benzene rings is 2. The third kappa shape index (κ3) is 3.58. The minimum atomic E-state index is -0.886. The van der Waals surface area contributed by atoms with Crippen LogP contribution in [-0.4, -0.2) is 52.8 Å². The van der Waals surface area contributed by atoms with Crippen LogP contribution in [0.4, 0.5) is 5.69 Å². The number of anilines is 1. The molecule has 11 heteroatoms. The average molecular weight is 489 g/mol. The summed E-state index contributed by atoms with van der Waals surface area (Å²) in [5, 5.41) is 13.6. The number of aryl methyl sites for hydroxylation is 2. The molecule has 6 rings (SSSR count). The van der Waals surface area contributed by atoms with E-state index >= 15 is 0 Å². The van der Waals surface area contributed by atoms with Gasteiger partial charge in [-0.2, -0.15) is 10.1 Å². The van der Waals surface area contributed by atoms with Gasteiger partial charge < -0.3 is 14.0 Å². The highest BCUT2D eigenvalue weighted by Gasteiger charge is 2.55. The molecule has 0 radical (unpaired) electrons. The molecule has 11 nitrogen and oxygen atoms in total. The molecule has 2 atom stereocenters. The number of carbonyl (C=O) groups excluding carboxylic acids is 2. The first-order chi connectivity index (χ1) is 17.6. The fourth-order valence-electron chi connectivity index (χ4n) is 4.96. The maximum Gasteiger partial charge on any atom is 0.263 e. The van der Waals surface area contributed by atoms with Crippen molar-refractivity contribution in [3.05, 3.63) is 53.4 Å². The monoisotopic (exact) mass is 488 g/mol. The Labute approximate surface area is 206 Å². The Kier molecular flexibility index (Phi) is 5.39. The predicted molar refractivity (Wildman–Crippen MR) is 126 cm³/mol. The van der Waals surface area contributed by atoms with Crippen molar-refractivity contribution in [1.82, 2.24) is 15.1 Å². The number of imide groups is 1. The molecule has 36 heavy (non-hydrogen) atoms. The number of hydrogen-bond donors (Lipinski definition) is 0. The number of methoxy groups -OCH3 is 1. The van der Waals surface area contributed by atoms with Gasteiger partial charge in [0.1, 0.15) is 6.54 Å². The van der Waals surface area contributed by atoms with Crippen LogP contribution in [-0.2, 0) is 29.0 Å². The Morgan fingerprint density at radius 1 is 1.06 bits per heavy atom. The zero-order chi connectivity index (χ0) is 24.8. The number of amides is 2. The van der Waals surface area contributed by atoms with Crippen LogP contribution in [0.5, 0.6) is 11.5 Å². The summed E-state index contributed by atoms with van der Waals surface area (Å²) in [5.41, 5.74) is 3.73. The molecule has 0 N–H and O–H groups in total. The molecule has 3 aliphatic rings. The second-order valence-corrected chi connectivity index (χ2v) is 8.82. The van der Waals surface area contributed by atoms with Gasteiger partial charge >= 0.3 is 0 Å². The van der Waals surface area contributed by atoms with Crippen molar-refractivity contribution in [1.29, 1.82) is 0 Å². The minimum absolute atomic E-state index is 0.0445. The Morgan fingerprint density at radius 2 is 1.92 bits per heavy atom. The van der Waals surface area contributed by atoms with E-state index in [1.54, 1.807) is 25.3 Å². The number of rotatable bonds is 7. The summed E-state index contributed by atoms with van der Waals surface area (Å²) in [6.45, 7) is 2.45. The van der Waals surface area contributed by atoms with Gasteiger partial charge in [0.05, 0.1) is 19.4 Å². The van der Waals surface area contributed by atoms with Crippen LogP contribution in [0.1, 0.15) is 30.4 Å². The molecule has 2 aromatic carbocycles. The third-order valence-corrected chi connectivity index (χ3v) is 6.69. The zero-order valence-corrected chi connectivity index (χ0v) is 19.9. The Bertz CT molecular complexity index is 1390. The van der Waals surface area contributed by atoms with Crippen molar-refractivity contribution >= 4 is 17.5 Å². The summed E-state index contributed by atoms with van der Waals surface area (Å²) in [6, 6.07) is 9.40. The molecule has 1 aliphatic carbocycles. The fourth-order valence-corrected chi connectivity index (χ4v) is 4.96. The van der Waals surface area contributed by atoms with Crippen molar-refractivity contribution in [3.8, 4) is 22.9 Å². The van der Waals surface area contributed by atoms with Gasteiger partial charge in [-0.3, -0.25) is 14.6 Å². The van der Waals surface area contributed by atoms with Crippen molar-refractivity contribution in [2.75, 3.05) is 18.6 Å².